The number of unbranched alkanes of at least 4 members (excludes halogenated alkanes) is 1. The molecule has 0 aromatic heterocycles. The van der Waals surface area contributed by atoms with Crippen molar-refractivity contribution in [3.8, 4) is 6.07 Å². The molecule has 16 heavy (non-hydrogen) atoms. The molecule has 0 aliphatic rings. The fourth-order valence-electron chi connectivity index (χ4n) is 1.10. The lowest BCUT2D eigenvalue weighted by Crippen LogP contribution is -2.08. The molecule has 4 nitrogen and oxygen atoms in total. The highest BCUT2D eigenvalue weighted by Crippen LogP contribution is 2.24. The predicted octanol–water partition coefficient (Wildman–Crippen LogP) is 2.49. The van der Waals surface area contributed by atoms with Crippen molar-refractivity contribution in [3.63, 3.8) is 0 Å². The third kappa shape index (κ3) is 3.24. The molecule has 0 unspecified atom stereocenters. The van der Waals surface area contributed by atoms with Crippen molar-refractivity contribution in [3.05, 3.63) is 28.2 Å². The maximum Gasteiger partial charge on any atom is 0.339 e. The molecule has 0 spiro atoms. The highest BCUT2D eigenvalue weighted by atomic mass is 79.9. The van der Waals surface area contributed by atoms with Crippen LogP contribution in [-0.4, -0.2) is 12.6 Å². The molecule has 0 fully saturated rings. The van der Waals surface area contributed by atoms with Crippen LogP contribution in [0.25, 0.3) is 0 Å². The summed E-state index contributed by atoms with van der Waals surface area (Å²) < 4.78 is 5.53. The SMILES string of the molecule is N#CCCCOC(=O)c1cccc(N)c1Br. The molecule has 1 aromatic carbocycles. The molecule has 84 valence electrons. The summed E-state index contributed by atoms with van der Waals surface area (Å²) in [4.78, 5) is 11.6. The number of hydrogen-bond acceptors (Lipinski definition) is 4. The van der Waals surface area contributed by atoms with Crippen LogP contribution in [0.15, 0.2) is 22.7 Å². The van der Waals surface area contributed by atoms with E-state index in [1.807, 2.05) is 6.07 Å². The second-order valence-electron chi connectivity index (χ2n) is 3.11. The van der Waals surface area contributed by atoms with Gasteiger partial charge in [-0.2, -0.15) is 5.26 Å². The summed E-state index contributed by atoms with van der Waals surface area (Å²) in [5.74, 6) is -0.433. The number of nitrogens with two attached hydrogens (primary N) is 1. The fraction of sp³-hybridized carbons (Fsp3) is 0.273. The second kappa shape index (κ2) is 6.13. The number of halogens is 1. The maximum absolute atomic E-state index is 11.6. The lowest BCUT2D eigenvalue weighted by molar-refractivity contribution is 0.0500. The van der Waals surface area contributed by atoms with Crippen LogP contribution in [-0.2, 0) is 4.74 Å². The lowest BCUT2D eigenvalue weighted by Gasteiger charge is -2.06. The zero-order valence-corrected chi connectivity index (χ0v) is 10.2. The van der Waals surface area contributed by atoms with Crippen molar-refractivity contribution in [2.75, 3.05) is 12.3 Å². The van der Waals surface area contributed by atoms with Crippen molar-refractivity contribution in [1.82, 2.24) is 0 Å². The Morgan fingerprint density at radius 2 is 2.31 bits per heavy atom. The van der Waals surface area contributed by atoms with Gasteiger partial charge in [-0.25, -0.2) is 4.79 Å². The van der Waals surface area contributed by atoms with E-state index in [4.69, 9.17) is 15.7 Å². The van der Waals surface area contributed by atoms with Crippen molar-refractivity contribution < 1.29 is 9.53 Å². The van der Waals surface area contributed by atoms with Crippen LogP contribution in [0.5, 0.6) is 0 Å². The van der Waals surface area contributed by atoms with Crippen molar-refractivity contribution in [2.24, 2.45) is 0 Å². The minimum atomic E-state index is -0.433. The highest BCUT2D eigenvalue weighted by Gasteiger charge is 2.12. The van der Waals surface area contributed by atoms with Gasteiger partial charge < -0.3 is 10.5 Å². The standard InChI is InChI=1S/C11H11BrN2O2/c12-10-8(4-3-5-9(10)14)11(15)16-7-2-1-6-13/h3-5H,1-2,7,14H2. The third-order valence-electron chi connectivity index (χ3n) is 1.91. The van der Waals surface area contributed by atoms with E-state index >= 15 is 0 Å². The monoisotopic (exact) mass is 282 g/mol. The van der Waals surface area contributed by atoms with Crippen molar-refractivity contribution >= 4 is 27.6 Å². The molecule has 0 amide bonds. The predicted molar refractivity (Wildman–Crippen MR) is 63.7 cm³/mol. The van der Waals surface area contributed by atoms with Gasteiger partial charge in [0.15, 0.2) is 0 Å². The molecule has 0 aliphatic carbocycles. The Kier molecular flexibility index (Phi) is 4.80. The average Bonchev–Trinajstić information content (AvgIpc) is 2.28. The Bertz CT molecular complexity index is 426. The first-order valence-corrected chi connectivity index (χ1v) is 5.54. The van der Waals surface area contributed by atoms with E-state index < -0.39 is 5.97 Å². The molecule has 0 atom stereocenters. The summed E-state index contributed by atoms with van der Waals surface area (Å²) in [7, 11) is 0. The maximum atomic E-state index is 11.6. The average molecular weight is 283 g/mol. The van der Waals surface area contributed by atoms with Crippen LogP contribution in [0, 0.1) is 11.3 Å². The number of carbonyl (C=O) groups is 1. The van der Waals surface area contributed by atoms with Crippen molar-refractivity contribution in [1.29, 1.82) is 5.26 Å². The van der Waals surface area contributed by atoms with Gasteiger partial charge in [-0.15, -0.1) is 0 Å². The summed E-state index contributed by atoms with van der Waals surface area (Å²) in [5, 5.41) is 8.31. The molecule has 0 radical (unpaired) electrons. The van der Waals surface area contributed by atoms with Crippen LogP contribution < -0.4 is 5.73 Å². The molecule has 0 aliphatic heterocycles. The summed E-state index contributed by atoms with van der Waals surface area (Å²) in [6.07, 6.45) is 0.924. The number of ether oxygens (including phenoxy) is 1. The number of carbonyl (C=O) groups excluding carboxylic acids is 1. The number of benzene rings is 1. The first kappa shape index (κ1) is 12.5. The topological polar surface area (TPSA) is 76.1 Å². The number of esters is 1. The Hall–Kier alpha value is -1.54. The lowest BCUT2D eigenvalue weighted by atomic mass is 10.2. The summed E-state index contributed by atoms with van der Waals surface area (Å²) in [5.41, 5.74) is 6.53. The summed E-state index contributed by atoms with van der Waals surface area (Å²) in [6, 6.07) is 6.99. The van der Waals surface area contributed by atoms with Crippen LogP contribution in [0.1, 0.15) is 23.2 Å². The molecule has 1 aromatic rings. The minimum Gasteiger partial charge on any atom is -0.462 e. The first-order chi connectivity index (χ1) is 7.66. The number of hydrogen-bond donors (Lipinski definition) is 1. The molecule has 0 heterocycles. The number of nitriles is 1. The van der Waals surface area contributed by atoms with Crippen LogP contribution in [0.2, 0.25) is 0 Å². The number of rotatable bonds is 4. The quantitative estimate of drug-likeness (QED) is 0.523. The van der Waals surface area contributed by atoms with Crippen LogP contribution in [0.3, 0.4) is 0 Å². The first-order valence-electron chi connectivity index (χ1n) is 4.75. The Labute approximate surface area is 102 Å². The molecule has 1 rings (SSSR count). The summed E-state index contributed by atoms with van der Waals surface area (Å²) in [6.45, 7) is 0.244. The number of anilines is 1. The molecular weight excluding hydrogens is 272 g/mol. The van der Waals surface area contributed by atoms with E-state index in [9.17, 15) is 4.79 Å². The van der Waals surface area contributed by atoms with Gasteiger partial charge >= 0.3 is 5.97 Å². The molecule has 0 bridgehead atoms. The zero-order chi connectivity index (χ0) is 12.0. The molecule has 0 saturated carbocycles. The van der Waals surface area contributed by atoms with E-state index in [1.165, 1.54) is 0 Å². The molecular formula is C11H11BrN2O2. The molecule has 5 heteroatoms. The van der Waals surface area contributed by atoms with E-state index in [2.05, 4.69) is 15.9 Å². The molecule has 0 saturated heterocycles. The van der Waals surface area contributed by atoms with Crippen LogP contribution >= 0.6 is 15.9 Å². The smallest absolute Gasteiger partial charge is 0.339 e. The van der Waals surface area contributed by atoms with Gasteiger partial charge in [-0.05, 0) is 34.5 Å². The fourth-order valence-corrected chi connectivity index (χ4v) is 1.53. The highest BCUT2D eigenvalue weighted by molar-refractivity contribution is 9.10. The zero-order valence-electron chi connectivity index (χ0n) is 8.57. The van der Waals surface area contributed by atoms with Gasteiger partial charge in [0.25, 0.3) is 0 Å². The van der Waals surface area contributed by atoms with Gasteiger partial charge in [-0.3, -0.25) is 0 Å². The largest absolute Gasteiger partial charge is 0.462 e. The third-order valence-corrected chi connectivity index (χ3v) is 2.80. The molecule has 2 N–H and O–H groups in total. The van der Waals surface area contributed by atoms with Crippen LogP contribution in [0.4, 0.5) is 5.69 Å². The Morgan fingerprint density at radius 3 is 3.00 bits per heavy atom. The number of nitrogen functional groups attached to an aromatic ring is 1. The van der Waals surface area contributed by atoms with E-state index in [-0.39, 0.29) is 6.61 Å². The normalized spacial score (nSPS) is 9.50. The Morgan fingerprint density at radius 1 is 1.56 bits per heavy atom. The Balaban J connectivity index is 2.60. The van der Waals surface area contributed by atoms with Gasteiger partial charge in [0.05, 0.1) is 22.7 Å². The van der Waals surface area contributed by atoms with Crippen molar-refractivity contribution in [2.45, 2.75) is 12.8 Å². The second-order valence-corrected chi connectivity index (χ2v) is 3.90. The summed E-state index contributed by atoms with van der Waals surface area (Å²) >= 11 is 3.23. The van der Waals surface area contributed by atoms with E-state index in [1.54, 1.807) is 18.2 Å². The van der Waals surface area contributed by atoms with E-state index in [0.717, 1.165) is 0 Å². The van der Waals surface area contributed by atoms with Gasteiger partial charge in [0.2, 0.25) is 0 Å². The van der Waals surface area contributed by atoms with Gasteiger partial charge in [-0.1, -0.05) is 6.07 Å². The van der Waals surface area contributed by atoms with Gasteiger partial charge in [0, 0.05) is 12.1 Å². The minimum absolute atomic E-state index is 0.244. The number of nitrogens with zero attached hydrogens (tertiary/aromatic N) is 1. The van der Waals surface area contributed by atoms with E-state index in [0.29, 0.717) is 28.6 Å². The van der Waals surface area contributed by atoms with Gasteiger partial charge in [0.1, 0.15) is 0 Å².